The molecule has 1 aliphatic heterocycles. The van der Waals surface area contributed by atoms with Gasteiger partial charge in [-0.05, 0) is 6.08 Å². The van der Waals surface area contributed by atoms with E-state index in [9.17, 15) is 0 Å². The van der Waals surface area contributed by atoms with Gasteiger partial charge in [0.2, 0.25) is 0 Å². The van der Waals surface area contributed by atoms with E-state index in [1.165, 1.54) is 12.3 Å². The molecular formula is C5H6O3. The van der Waals surface area contributed by atoms with E-state index in [0.29, 0.717) is 0 Å². The van der Waals surface area contributed by atoms with Gasteiger partial charge in [0.1, 0.15) is 12.4 Å². The van der Waals surface area contributed by atoms with Crippen LogP contribution in [0.2, 0.25) is 0 Å². The molecule has 1 rings (SSSR count). The Kier molecular flexibility index (Phi) is 1.22. The van der Waals surface area contributed by atoms with Crippen LogP contribution in [-0.4, -0.2) is 16.3 Å². The molecule has 0 spiro atoms. The molecule has 44 valence electrons. The summed E-state index contributed by atoms with van der Waals surface area (Å²) in [5, 5.41) is 17.3. The summed E-state index contributed by atoms with van der Waals surface area (Å²) in [5.74, 6) is -0.160. The summed E-state index contributed by atoms with van der Waals surface area (Å²) in [6.45, 7) is 0. The Morgan fingerprint density at radius 3 is 2.75 bits per heavy atom. The second-order valence-corrected chi connectivity index (χ2v) is 1.45. The van der Waals surface area contributed by atoms with Crippen molar-refractivity contribution in [3.63, 3.8) is 0 Å². The van der Waals surface area contributed by atoms with Gasteiger partial charge in [-0.2, -0.15) is 0 Å². The van der Waals surface area contributed by atoms with E-state index in [-0.39, 0.29) is 5.76 Å². The fourth-order valence-corrected chi connectivity index (χ4v) is 0.397. The Morgan fingerprint density at radius 1 is 1.62 bits per heavy atom. The van der Waals surface area contributed by atoms with Crippen LogP contribution in [0.3, 0.4) is 0 Å². The number of aliphatic hydroxyl groups excluding tert-OH is 2. The van der Waals surface area contributed by atoms with Crippen molar-refractivity contribution >= 4 is 0 Å². The minimum absolute atomic E-state index is 0.160. The van der Waals surface area contributed by atoms with Crippen molar-refractivity contribution in [1.82, 2.24) is 0 Å². The summed E-state index contributed by atoms with van der Waals surface area (Å²) in [4.78, 5) is 0. The van der Waals surface area contributed by atoms with Crippen molar-refractivity contribution in [3.8, 4) is 0 Å². The maximum absolute atomic E-state index is 8.69. The van der Waals surface area contributed by atoms with Crippen LogP contribution in [0.1, 0.15) is 0 Å². The summed E-state index contributed by atoms with van der Waals surface area (Å²) in [6.07, 6.45) is 2.86. The quantitative estimate of drug-likeness (QED) is 0.476. The van der Waals surface area contributed by atoms with Crippen molar-refractivity contribution < 1.29 is 14.9 Å². The zero-order valence-corrected chi connectivity index (χ0v) is 4.11. The van der Waals surface area contributed by atoms with E-state index in [1.807, 2.05) is 0 Å². The highest BCUT2D eigenvalue weighted by Gasteiger charge is 2.07. The SMILES string of the molecule is OC1=COC=CC1O. The Labute approximate surface area is 46.5 Å². The lowest BCUT2D eigenvalue weighted by atomic mass is 10.3. The molecule has 0 aliphatic carbocycles. The molecule has 3 heteroatoms. The topological polar surface area (TPSA) is 49.7 Å². The summed E-state index contributed by atoms with van der Waals surface area (Å²) in [6, 6.07) is 0. The lowest BCUT2D eigenvalue weighted by Gasteiger charge is -2.06. The number of aliphatic hydroxyl groups is 2. The molecule has 1 atom stereocenters. The molecular weight excluding hydrogens is 108 g/mol. The van der Waals surface area contributed by atoms with Gasteiger partial charge in [-0.15, -0.1) is 0 Å². The molecule has 0 aromatic rings. The Hall–Kier alpha value is -0.960. The van der Waals surface area contributed by atoms with Gasteiger partial charge >= 0.3 is 0 Å². The lowest BCUT2D eigenvalue weighted by Crippen LogP contribution is -2.08. The van der Waals surface area contributed by atoms with Crippen molar-refractivity contribution in [2.45, 2.75) is 6.10 Å². The predicted molar refractivity (Wildman–Crippen MR) is 26.9 cm³/mol. The van der Waals surface area contributed by atoms with Gasteiger partial charge in [0.25, 0.3) is 0 Å². The van der Waals surface area contributed by atoms with Gasteiger partial charge < -0.3 is 14.9 Å². The van der Waals surface area contributed by atoms with Crippen LogP contribution in [0.25, 0.3) is 0 Å². The molecule has 0 saturated carbocycles. The first kappa shape index (κ1) is 5.18. The smallest absolute Gasteiger partial charge is 0.160 e. The molecule has 3 nitrogen and oxygen atoms in total. The molecule has 2 N–H and O–H groups in total. The standard InChI is InChI=1S/C5H6O3/c6-4-1-2-8-3-5(4)7/h1-4,6-7H. The number of hydrogen-bond donors (Lipinski definition) is 2. The Morgan fingerprint density at radius 2 is 2.38 bits per heavy atom. The molecule has 0 radical (unpaired) electrons. The first-order valence-corrected chi connectivity index (χ1v) is 2.20. The van der Waals surface area contributed by atoms with Crippen LogP contribution >= 0.6 is 0 Å². The highest BCUT2D eigenvalue weighted by Crippen LogP contribution is 2.04. The van der Waals surface area contributed by atoms with Crippen molar-refractivity contribution in [3.05, 3.63) is 24.4 Å². The zero-order valence-electron chi connectivity index (χ0n) is 4.11. The van der Waals surface area contributed by atoms with Gasteiger partial charge in [-0.1, -0.05) is 0 Å². The highest BCUT2D eigenvalue weighted by molar-refractivity contribution is 5.07. The normalized spacial score (nSPS) is 26.6. The van der Waals surface area contributed by atoms with E-state index in [2.05, 4.69) is 4.74 Å². The average Bonchev–Trinajstić information content (AvgIpc) is 1.77. The predicted octanol–water partition coefficient (Wildman–Crippen LogP) is 0.291. The minimum atomic E-state index is -0.885. The monoisotopic (exact) mass is 114 g/mol. The third kappa shape index (κ3) is 0.816. The molecule has 1 heterocycles. The van der Waals surface area contributed by atoms with Crippen LogP contribution in [0.5, 0.6) is 0 Å². The van der Waals surface area contributed by atoms with Crippen molar-refractivity contribution in [2.75, 3.05) is 0 Å². The van der Waals surface area contributed by atoms with Crippen LogP contribution in [0, 0.1) is 0 Å². The molecule has 0 aromatic heterocycles. The van der Waals surface area contributed by atoms with E-state index in [0.717, 1.165) is 6.26 Å². The molecule has 0 amide bonds. The van der Waals surface area contributed by atoms with Crippen LogP contribution in [0.15, 0.2) is 24.4 Å². The van der Waals surface area contributed by atoms with Gasteiger partial charge in [-0.3, -0.25) is 0 Å². The third-order valence-corrected chi connectivity index (χ3v) is 0.831. The van der Waals surface area contributed by atoms with Crippen molar-refractivity contribution in [1.29, 1.82) is 0 Å². The van der Waals surface area contributed by atoms with Gasteiger partial charge in [0.05, 0.1) is 6.26 Å². The van der Waals surface area contributed by atoms with E-state index in [1.54, 1.807) is 0 Å². The fourth-order valence-electron chi connectivity index (χ4n) is 0.397. The van der Waals surface area contributed by atoms with Crippen molar-refractivity contribution in [2.24, 2.45) is 0 Å². The molecule has 0 fully saturated rings. The molecule has 1 unspecified atom stereocenters. The largest absolute Gasteiger partial charge is 0.506 e. The summed E-state index contributed by atoms with van der Waals surface area (Å²) >= 11 is 0. The van der Waals surface area contributed by atoms with Gasteiger partial charge in [-0.25, -0.2) is 0 Å². The molecule has 0 bridgehead atoms. The van der Waals surface area contributed by atoms with E-state index < -0.39 is 6.10 Å². The summed E-state index contributed by atoms with van der Waals surface area (Å²) in [5.41, 5.74) is 0. The maximum atomic E-state index is 8.69. The Bertz CT molecular complexity index is 137. The third-order valence-electron chi connectivity index (χ3n) is 0.831. The first-order chi connectivity index (χ1) is 3.80. The zero-order chi connectivity index (χ0) is 5.98. The molecule has 0 saturated heterocycles. The Balaban J connectivity index is 2.63. The average molecular weight is 114 g/mol. The maximum Gasteiger partial charge on any atom is 0.160 e. The lowest BCUT2D eigenvalue weighted by molar-refractivity contribution is 0.167. The first-order valence-electron chi connectivity index (χ1n) is 2.20. The molecule has 8 heavy (non-hydrogen) atoms. The summed E-state index contributed by atoms with van der Waals surface area (Å²) in [7, 11) is 0. The van der Waals surface area contributed by atoms with E-state index >= 15 is 0 Å². The van der Waals surface area contributed by atoms with E-state index in [4.69, 9.17) is 10.2 Å². The number of rotatable bonds is 0. The number of ether oxygens (including phenoxy) is 1. The second kappa shape index (κ2) is 1.88. The van der Waals surface area contributed by atoms with Gasteiger partial charge in [0, 0.05) is 0 Å². The van der Waals surface area contributed by atoms with Crippen LogP contribution in [0.4, 0.5) is 0 Å². The summed E-state index contributed by atoms with van der Waals surface area (Å²) < 4.78 is 4.50. The van der Waals surface area contributed by atoms with Crippen LogP contribution in [-0.2, 0) is 4.74 Å². The number of hydrogen-bond acceptors (Lipinski definition) is 3. The minimum Gasteiger partial charge on any atom is -0.506 e. The van der Waals surface area contributed by atoms with Crippen LogP contribution < -0.4 is 0 Å². The highest BCUT2D eigenvalue weighted by atomic mass is 16.5. The fraction of sp³-hybridized carbons (Fsp3) is 0.200. The second-order valence-electron chi connectivity index (χ2n) is 1.45. The molecule has 0 aromatic carbocycles. The molecule has 1 aliphatic rings. The van der Waals surface area contributed by atoms with Gasteiger partial charge in [0.15, 0.2) is 5.76 Å².